The lowest BCUT2D eigenvalue weighted by molar-refractivity contribution is -0.385. The van der Waals surface area contributed by atoms with E-state index < -0.39 is 37.9 Å². The number of halogens is 5. The van der Waals surface area contributed by atoms with Crippen LogP contribution in [0.5, 0.6) is 0 Å². The van der Waals surface area contributed by atoms with E-state index in [4.69, 9.17) is 5.11 Å². The molecule has 0 aliphatic carbocycles. The lowest BCUT2D eigenvalue weighted by Gasteiger charge is -2.40. The van der Waals surface area contributed by atoms with Gasteiger partial charge < -0.3 is 5.11 Å². The topological polar surface area (TPSA) is 63.4 Å². The zero-order valence-corrected chi connectivity index (χ0v) is 8.76. The Kier molecular flexibility index (Phi) is 2.47. The molecule has 0 unspecified atom stereocenters. The summed E-state index contributed by atoms with van der Waals surface area (Å²) in [5.74, 6) is 0. The first kappa shape index (κ1) is 13.6. The normalized spacial score (nSPS) is 16.1. The van der Waals surface area contributed by atoms with Crippen molar-refractivity contribution in [2.45, 2.75) is 11.5 Å². The maximum atomic E-state index is 12.4. The zero-order chi connectivity index (χ0) is 13.5. The van der Waals surface area contributed by atoms with E-state index in [0.717, 1.165) is 0 Å². The third kappa shape index (κ3) is 3.27. The van der Waals surface area contributed by atoms with Crippen molar-refractivity contribution < 1.29 is 29.5 Å². The number of hydrogen-bond donors (Lipinski definition) is 1. The number of rotatable bonds is 3. The molecule has 17 heavy (non-hydrogen) atoms. The molecular weight excluding hydrogens is 273 g/mol. The molecule has 1 N–H and O–H groups in total. The number of aliphatic hydroxyl groups is 1. The molecule has 0 aliphatic rings. The molecule has 0 radical (unpaired) electrons. The Balaban J connectivity index is 3.58. The van der Waals surface area contributed by atoms with E-state index >= 15 is 0 Å². The molecule has 0 bridgehead atoms. The highest BCUT2D eigenvalue weighted by Gasteiger charge is 2.65. The van der Waals surface area contributed by atoms with Crippen molar-refractivity contribution in [1.82, 2.24) is 0 Å². The zero-order valence-electron chi connectivity index (χ0n) is 7.95. The van der Waals surface area contributed by atoms with Crippen LogP contribution in [0.15, 0.2) is 23.1 Å². The van der Waals surface area contributed by atoms with Crippen molar-refractivity contribution in [2.24, 2.45) is 0 Å². The summed E-state index contributed by atoms with van der Waals surface area (Å²) in [4.78, 5) is 6.65. The van der Waals surface area contributed by atoms with Crippen molar-refractivity contribution in [1.29, 1.82) is 0 Å². The second-order valence-corrected chi connectivity index (χ2v) is 5.63. The quantitative estimate of drug-likeness (QED) is 0.520. The Morgan fingerprint density at radius 1 is 1.18 bits per heavy atom. The summed E-state index contributed by atoms with van der Waals surface area (Å²) in [7, 11) is -9.98. The SMILES string of the molecule is O=[N+]([O-])c1cc(CO)cc(S(F)(F)(F)(F)F)c1. The molecular formula is C7H6F5NO3S. The molecule has 0 saturated heterocycles. The van der Waals surface area contributed by atoms with Crippen molar-refractivity contribution >= 4 is 15.9 Å². The molecule has 0 aliphatic heterocycles. The predicted molar refractivity (Wildman–Crippen MR) is 50.4 cm³/mol. The Morgan fingerprint density at radius 2 is 1.71 bits per heavy atom. The number of non-ortho nitro benzene ring substituents is 1. The van der Waals surface area contributed by atoms with Gasteiger partial charge in [-0.2, -0.15) is 0 Å². The lowest BCUT2D eigenvalue weighted by Crippen LogP contribution is -2.07. The van der Waals surface area contributed by atoms with Gasteiger partial charge in [-0.25, -0.2) is 0 Å². The Bertz CT molecular complexity index is 485. The molecule has 1 aromatic rings. The molecule has 1 rings (SSSR count). The highest BCUT2D eigenvalue weighted by atomic mass is 32.5. The number of nitro groups is 1. The monoisotopic (exact) mass is 279 g/mol. The minimum Gasteiger partial charge on any atom is -0.392 e. The molecule has 1 aromatic carbocycles. The smallest absolute Gasteiger partial charge is 0.310 e. The summed E-state index contributed by atoms with van der Waals surface area (Å²) in [6, 6.07) is 0.336. The maximum absolute atomic E-state index is 12.4. The van der Waals surface area contributed by atoms with Crippen LogP contribution in [0.2, 0.25) is 0 Å². The van der Waals surface area contributed by atoms with E-state index in [1.54, 1.807) is 0 Å². The van der Waals surface area contributed by atoms with Gasteiger partial charge >= 0.3 is 10.2 Å². The van der Waals surface area contributed by atoms with Gasteiger partial charge in [0.05, 0.1) is 11.5 Å². The number of nitro benzene ring substituents is 1. The molecule has 4 nitrogen and oxygen atoms in total. The molecule has 0 saturated carbocycles. The fourth-order valence-electron chi connectivity index (χ4n) is 1.06. The van der Waals surface area contributed by atoms with E-state index in [9.17, 15) is 29.5 Å². The first-order valence-electron chi connectivity index (χ1n) is 3.97. The van der Waals surface area contributed by atoms with Crippen LogP contribution in [0.25, 0.3) is 0 Å². The number of hydrogen-bond acceptors (Lipinski definition) is 3. The lowest BCUT2D eigenvalue weighted by atomic mass is 10.2. The van der Waals surface area contributed by atoms with Gasteiger partial charge in [0.25, 0.3) is 5.69 Å². The van der Waals surface area contributed by atoms with Crippen molar-refractivity contribution in [2.75, 3.05) is 0 Å². The maximum Gasteiger partial charge on any atom is 0.310 e. The van der Waals surface area contributed by atoms with E-state index in [-0.39, 0.29) is 12.1 Å². The van der Waals surface area contributed by atoms with E-state index in [1.807, 2.05) is 0 Å². The second-order valence-electron chi connectivity index (χ2n) is 3.22. The largest absolute Gasteiger partial charge is 0.392 e. The first-order chi connectivity index (χ1) is 7.33. The molecule has 0 aromatic heterocycles. The summed E-state index contributed by atoms with van der Waals surface area (Å²) < 4.78 is 62.0. The first-order valence-corrected chi connectivity index (χ1v) is 5.92. The molecule has 0 fully saturated rings. The molecule has 98 valence electrons. The van der Waals surface area contributed by atoms with E-state index in [0.29, 0.717) is 6.07 Å². The van der Waals surface area contributed by atoms with Gasteiger partial charge in [0.15, 0.2) is 0 Å². The summed E-state index contributed by atoms with van der Waals surface area (Å²) in [5.41, 5.74) is -1.76. The van der Waals surface area contributed by atoms with Crippen LogP contribution < -0.4 is 0 Å². The van der Waals surface area contributed by atoms with Crippen LogP contribution in [0.3, 0.4) is 0 Å². The third-order valence-corrected chi connectivity index (χ3v) is 2.92. The number of benzene rings is 1. The van der Waals surface area contributed by atoms with E-state index in [2.05, 4.69) is 0 Å². The van der Waals surface area contributed by atoms with Crippen LogP contribution in [-0.2, 0) is 6.61 Å². The number of aliphatic hydroxyl groups excluding tert-OH is 1. The minimum absolute atomic E-state index is 0.00540. The standard InChI is InChI=1S/C7H6F5NO3S/c8-17(9,10,11,12)7-2-5(4-14)1-6(3-7)13(15)16/h1-3,14H,4H2. The Morgan fingerprint density at radius 3 is 2.06 bits per heavy atom. The molecule has 0 atom stereocenters. The third-order valence-electron chi connectivity index (χ3n) is 1.79. The molecule has 0 heterocycles. The molecule has 10 heteroatoms. The minimum atomic E-state index is -9.98. The summed E-state index contributed by atoms with van der Waals surface area (Å²) in [5, 5.41) is 18.9. The van der Waals surface area contributed by atoms with Crippen LogP contribution in [0.4, 0.5) is 25.1 Å². The van der Waals surface area contributed by atoms with Crippen LogP contribution in [0.1, 0.15) is 5.56 Å². The van der Waals surface area contributed by atoms with Gasteiger partial charge in [0, 0.05) is 12.1 Å². The van der Waals surface area contributed by atoms with Crippen LogP contribution in [-0.4, -0.2) is 10.0 Å². The fraction of sp³-hybridized carbons (Fsp3) is 0.143. The Hall–Kier alpha value is -1.42. The number of nitrogens with zero attached hydrogens (tertiary/aromatic N) is 1. The highest BCUT2D eigenvalue weighted by molar-refractivity contribution is 8.45. The van der Waals surface area contributed by atoms with Crippen LogP contribution >= 0.6 is 10.2 Å². The van der Waals surface area contributed by atoms with E-state index in [1.165, 1.54) is 0 Å². The van der Waals surface area contributed by atoms with Gasteiger partial charge in [-0.1, -0.05) is 19.4 Å². The second kappa shape index (κ2) is 3.07. The van der Waals surface area contributed by atoms with Gasteiger partial charge in [-0.05, 0) is 11.6 Å². The average Bonchev–Trinajstić information content (AvgIpc) is 2.13. The summed E-state index contributed by atoms with van der Waals surface area (Å²) >= 11 is 0. The Labute approximate surface area is 91.5 Å². The van der Waals surface area contributed by atoms with Gasteiger partial charge in [0.2, 0.25) is 0 Å². The predicted octanol–water partition coefficient (Wildman–Crippen LogP) is 3.74. The fourth-order valence-corrected chi connectivity index (χ4v) is 1.78. The van der Waals surface area contributed by atoms with Crippen molar-refractivity contribution in [3.05, 3.63) is 33.9 Å². The summed E-state index contributed by atoms with van der Waals surface area (Å²) in [6.07, 6.45) is 0. The highest BCUT2D eigenvalue weighted by Crippen LogP contribution is 3.02. The summed E-state index contributed by atoms with van der Waals surface area (Å²) in [6.45, 7) is -1.01. The van der Waals surface area contributed by atoms with Crippen LogP contribution in [0, 0.1) is 10.1 Å². The average molecular weight is 279 g/mol. The van der Waals surface area contributed by atoms with Gasteiger partial charge in [-0.3, -0.25) is 10.1 Å². The van der Waals surface area contributed by atoms with Crippen molar-refractivity contribution in [3.63, 3.8) is 0 Å². The molecule has 0 spiro atoms. The van der Waals surface area contributed by atoms with Crippen molar-refractivity contribution in [3.8, 4) is 0 Å². The van der Waals surface area contributed by atoms with Gasteiger partial charge in [-0.15, -0.1) is 0 Å². The molecule has 0 amide bonds. The van der Waals surface area contributed by atoms with Gasteiger partial charge in [0.1, 0.15) is 4.90 Å².